The molecule has 152 valence electrons. The lowest BCUT2D eigenvalue weighted by molar-refractivity contribution is -0.108. The molecular formula is C21H24ClFO5. The molecule has 0 aromatic heterocycles. The topological polar surface area (TPSA) is 54.0 Å². The quantitative estimate of drug-likeness (QED) is 0.237. The minimum Gasteiger partial charge on any atom is -0.490 e. The van der Waals surface area contributed by atoms with Gasteiger partial charge in [-0.2, -0.15) is 0 Å². The highest BCUT2D eigenvalue weighted by atomic mass is 35.5. The van der Waals surface area contributed by atoms with Crippen LogP contribution in [0.25, 0.3) is 0 Å². The van der Waals surface area contributed by atoms with Gasteiger partial charge in [0, 0.05) is 14.2 Å². The van der Waals surface area contributed by atoms with Gasteiger partial charge in [-0.3, -0.25) is 0 Å². The average Bonchev–Trinajstić information content (AvgIpc) is 2.70. The van der Waals surface area contributed by atoms with Gasteiger partial charge in [0.05, 0.1) is 17.2 Å². The van der Waals surface area contributed by atoms with Gasteiger partial charge in [0.2, 0.25) is 0 Å². The fourth-order valence-corrected chi connectivity index (χ4v) is 2.96. The van der Waals surface area contributed by atoms with E-state index in [2.05, 4.69) is 0 Å². The third-order valence-corrected chi connectivity index (χ3v) is 4.66. The van der Waals surface area contributed by atoms with Crippen molar-refractivity contribution in [2.45, 2.75) is 33.0 Å². The van der Waals surface area contributed by atoms with Crippen molar-refractivity contribution >= 4 is 17.6 Å². The normalized spacial score (nSPS) is 11.0. The van der Waals surface area contributed by atoms with E-state index < -0.39 is 18.1 Å². The Morgan fingerprint density at radius 2 is 1.82 bits per heavy atom. The molecule has 2 aromatic rings. The lowest BCUT2D eigenvalue weighted by atomic mass is 10.0. The molecule has 0 atom stereocenters. The number of hydrogen-bond donors (Lipinski definition) is 0. The summed E-state index contributed by atoms with van der Waals surface area (Å²) in [6, 6.07) is 8.51. The van der Waals surface area contributed by atoms with Gasteiger partial charge in [-0.05, 0) is 31.0 Å². The largest absolute Gasteiger partial charge is 0.490 e. The summed E-state index contributed by atoms with van der Waals surface area (Å²) >= 11 is 6.37. The van der Waals surface area contributed by atoms with Crippen LogP contribution in [0.1, 0.15) is 47.5 Å². The Morgan fingerprint density at radius 1 is 1.18 bits per heavy atom. The maximum absolute atomic E-state index is 15.3. The van der Waals surface area contributed by atoms with E-state index in [1.165, 1.54) is 14.2 Å². The van der Waals surface area contributed by atoms with E-state index in [1.807, 2.05) is 6.92 Å². The number of esters is 1. The molecule has 0 saturated heterocycles. The molecule has 0 fully saturated rings. The van der Waals surface area contributed by atoms with E-state index >= 15 is 4.39 Å². The predicted molar refractivity (Wildman–Crippen MR) is 105 cm³/mol. The summed E-state index contributed by atoms with van der Waals surface area (Å²) in [5.74, 6) is -1.45. The lowest BCUT2D eigenvalue weighted by Crippen LogP contribution is -2.18. The molecule has 0 amide bonds. The Morgan fingerprint density at radius 3 is 2.39 bits per heavy atom. The third kappa shape index (κ3) is 4.82. The molecule has 2 aromatic carbocycles. The fourth-order valence-electron chi connectivity index (χ4n) is 2.70. The SMILES string of the molecule is CCCCOc1c(F)c(C(OC)OC)c(Cl)c(C)c1C(=O)Oc1ccccc1. The van der Waals surface area contributed by atoms with E-state index in [4.69, 9.17) is 30.5 Å². The van der Waals surface area contributed by atoms with E-state index in [0.29, 0.717) is 17.7 Å². The summed E-state index contributed by atoms with van der Waals surface area (Å²) in [7, 11) is 2.74. The molecule has 0 saturated carbocycles. The van der Waals surface area contributed by atoms with Crippen LogP contribution in [0.3, 0.4) is 0 Å². The number of carbonyl (C=O) groups excluding carboxylic acids is 1. The summed E-state index contributed by atoms with van der Waals surface area (Å²) in [5, 5.41) is 0.0223. The lowest BCUT2D eigenvalue weighted by Gasteiger charge is -2.22. The number of methoxy groups -OCH3 is 2. The first-order valence-corrected chi connectivity index (χ1v) is 9.31. The number of benzene rings is 2. The maximum Gasteiger partial charge on any atom is 0.347 e. The van der Waals surface area contributed by atoms with E-state index in [9.17, 15) is 4.79 Å². The molecule has 0 unspecified atom stereocenters. The predicted octanol–water partition coefficient (Wildman–Crippen LogP) is 5.48. The number of hydrogen-bond acceptors (Lipinski definition) is 5. The van der Waals surface area contributed by atoms with Crippen molar-refractivity contribution in [3.8, 4) is 11.5 Å². The van der Waals surface area contributed by atoms with Crippen molar-refractivity contribution in [1.82, 2.24) is 0 Å². The van der Waals surface area contributed by atoms with Gasteiger partial charge >= 0.3 is 5.97 Å². The van der Waals surface area contributed by atoms with E-state index in [1.54, 1.807) is 37.3 Å². The van der Waals surface area contributed by atoms with Gasteiger partial charge < -0.3 is 18.9 Å². The zero-order chi connectivity index (χ0) is 20.7. The monoisotopic (exact) mass is 410 g/mol. The number of rotatable bonds is 9. The standard InChI is InChI=1S/C21H24ClFO5/c1-5-6-12-27-19-15(20(24)28-14-10-8-7-9-11-14)13(2)17(22)16(18(19)23)21(25-3)26-4/h7-11,21H,5-6,12H2,1-4H3. The molecule has 28 heavy (non-hydrogen) atoms. The van der Waals surface area contributed by atoms with Crippen LogP contribution < -0.4 is 9.47 Å². The molecule has 0 aliphatic heterocycles. The highest BCUT2D eigenvalue weighted by molar-refractivity contribution is 6.32. The number of unbranched alkanes of at least 4 members (excludes halogenated alkanes) is 1. The Labute approximate surface area is 169 Å². The van der Waals surface area contributed by atoms with Gasteiger partial charge in [0.1, 0.15) is 11.3 Å². The summed E-state index contributed by atoms with van der Waals surface area (Å²) in [6.07, 6.45) is 0.504. The van der Waals surface area contributed by atoms with Gasteiger partial charge in [0.15, 0.2) is 17.9 Å². The van der Waals surface area contributed by atoms with Crippen LogP contribution in [0.15, 0.2) is 30.3 Å². The molecule has 5 nitrogen and oxygen atoms in total. The van der Waals surface area contributed by atoms with Crippen LogP contribution in [-0.4, -0.2) is 26.8 Å². The molecule has 0 heterocycles. The fraction of sp³-hybridized carbons (Fsp3) is 0.381. The first kappa shape index (κ1) is 22.1. The summed E-state index contributed by atoms with van der Waals surface area (Å²) in [6.45, 7) is 3.82. The Balaban J connectivity index is 2.57. The average molecular weight is 411 g/mol. The second kappa shape index (κ2) is 10.4. The second-order valence-electron chi connectivity index (χ2n) is 6.08. The smallest absolute Gasteiger partial charge is 0.347 e. The second-order valence-corrected chi connectivity index (χ2v) is 6.46. The summed E-state index contributed by atoms with van der Waals surface area (Å²) < 4.78 is 36.7. The van der Waals surface area contributed by atoms with Crippen LogP contribution >= 0.6 is 11.6 Å². The Hall–Kier alpha value is -2.15. The molecular weight excluding hydrogens is 387 g/mol. The van der Waals surface area contributed by atoms with Crippen LogP contribution in [0.5, 0.6) is 11.5 Å². The zero-order valence-electron chi connectivity index (χ0n) is 16.4. The highest BCUT2D eigenvalue weighted by Crippen LogP contribution is 2.40. The van der Waals surface area contributed by atoms with Gasteiger partial charge in [-0.15, -0.1) is 0 Å². The van der Waals surface area contributed by atoms with Crippen LogP contribution in [-0.2, 0) is 9.47 Å². The molecule has 0 aliphatic rings. The van der Waals surface area contributed by atoms with Crippen molar-refractivity contribution in [2.75, 3.05) is 20.8 Å². The number of para-hydroxylation sites is 1. The van der Waals surface area contributed by atoms with E-state index in [0.717, 1.165) is 6.42 Å². The van der Waals surface area contributed by atoms with Crippen LogP contribution in [0.4, 0.5) is 4.39 Å². The zero-order valence-corrected chi connectivity index (χ0v) is 17.1. The van der Waals surface area contributed by atoms with Crippen molar-refractivity contribution in [1.29, 1.82) is 0 Å². The molecule has 0 bridgehead atoms. The Bertz CT molecular complexity index is 806. The van der Waals surface area contributed by atoms with Gasteiger partial charge in [-0.1, -0.05) is 43.1 Å². The molecule has 2 rings (SSSR count). The van der Waals surface area contributed by atoms with Crippen molar-refractivity contribution < 1.29 is 28.1 Å². The van der Waals surface area contributed by atoms with Crippen molar-refractivity contribution in [3.63, 3.8) is 0 Å². The highest BCUT2D eigenvalue weighted by Gasteiger charge is 2.31. The molecule has 0 N–H and O–H groups in total. The van der Waals surface area contributed by atoms with Crippen molar-refractivity contribution in [2.24, 2.45) is 0 Å². The summed E-state index contributed by atoms with van der Waals surface area (Å²) in [5.41, 5.74) is 0.244. The van der Waals surface area contributed by atoms with Gasteiger partial charge in [0.25, 0.3) is 0 Å². The molecule has 7 heteroatoms. The van der Waals surface area contributed by atoms with Crippen LogP contribution in [0.2, 0.25) is 5.02 Å². The third-order valence-electron chi connectivity index (χ3n) is 4.17. The summed E-state index contributed by atoms with van der Waals surface area (Å²) in [4.78, 5) is 12.8. The Kier molecular flexibility index (Phi) is 8.23. The first-order chi connectivity index (χ1) is 13.5. The number of carbonyl (C=O) groups is 1. The number of halogens is 2. The first-order valence-electron chi connectivity index (χ1n) is 8.93. The molecule has 0 radical (unpaired) electrons. The van der Waals surface area contributed by atoms with E-state index in [-0.39, 0.29) is 28.5 Å². The van der Waals surface area contributed by atoms with Crippen LogP contribution in [0, 0.1) is 12.7 Å². The molecule has 0 aliphatic carbocycles. The maximum atomic E-state index is 15.3. The number of ether oxygens (including phenoxy) is 4. The van der Waals surface area contributed by atoms with Crippen molar-refractivity contribution in [3.05, 3.63) is 57.9 Å². The minimum absolute atomic E-state index is 0.0214. The van der Waals surface area contributed by atoms with Gasteiger partial charge in [-0.25, -0.2) is 9.18 Å². The minimum atomic E-state index is -1.04. The molecule has 0 spiro atoms.